The summed E-state index contributed by atoms with van der Waals surface area (Å²) in [7, 11) is 0. The van der Waals surface area contributed by atoms with Gasteiger partial charge in [-0.15, -0.1) is 11.3 Å². The maximum atomic E-state index is 12.1. The van der Waals surface area contributed by atoms with E-state index in [1.807, 2.05) is 0 Å². The van der Waals surface area contributed by atoms with Crippen molar-refractivity contribution in [1.82, 2.24) is 0 Å². The Morgan fingerprint density at radius 1 is 1.44 bits per heavy atom. The second-order valence-corrected chi connectivity index (χ2v) is 6.03. The summed E-state index contributed by atoms with van der Waals surface area (Å²) in [4.78, 5) is 36.2. The number of aromatic carboxylic acids is 1. The van der Waals surface area contributed by atoms with Crippen LogP contribution in [0.3, 0.4) is 0 Å². The Hall–Kier alpha value is -1.69. The molecule has 1 N–H and O–H groups in total. The number of nitrogens with zero attached hydrogens (tertiary/aromatic N) is 1. The predicted molar refractivity (Wildman–Crippen MR) is 66.9 cm³/mol. The number of aryl methyl sites for hydroxylation is 1. The third kappa shape index (κ3) is 1.82. The van der Waals surface area contributed by atoms with E-state index in [1.54, 1.807) is 26.8 Å². The summed E-state index contributed by atoms with van der Waals surface area (Å²) < 4.78 is 0. The van der Waals surface area contributed by atoms with Crippen LogP contribution in [0.25, 0.3) is 0 Å². The minimum absolute atomic E-state index is 0.158. The van der Waals surface area contributed by atoms with E-state index in [9.17, 15) is 14.4 Å². The van der Waals surface area contributed by atoms with Crippen molar-refractivity contribution in [1.29, 1.82) is 0 Å². The maximum absolute atomic E-state index is 12.1. The quantitative estimate of drug-likeness (QED) is 0.832. The van der Waals surface area contributed by atoms with E-state index in [0.29, 0.717) is 10.6 Å². The van der Waals surface area contributed by atoms with Crippen molar-refractivity contribution in [2.45, 2.75) is 27.2 Å². The van der Waals surface area contributed by atoms with Gasteiger partial charge in [-0.05, 0) is 18.6 Å². The molecule has 6 heteroatoms. The molecule has 1 aromatic heterocycles. The molecule has 1 saturated heterocycles. The van der Waals surface area contributed by atoms with Crippen LogP contribution in [0.2, 0.25) is 0 Å². The summed E-state index contributed by atoms with van der Waals surface area (Å²) in [6.45, 7) is 5.08. The lowest BCUT2D eigenvalue weighted by Crippen LogP contribution is -2.32. The normalized spacial score (nSPS) is 18.5. The Morgan fingerprint density at radius 3 is 2.44 bits per heavy atom. The van der Waals surface area contributed by atoms with Gasteiger partial charge in [0.15, 0.2) is 0 Å². The van der Waals surface area contributed by atoms with Crippen molar-refractivity contribution in [3.63, 3.8) is 0 Å². The number of hydrogen-bond donors (Lipinski definition) is 1. The number of carboxylic acids is 1. The highest BCUT2D eigenvalue weighted by atomic mass is 32.1. The molecule has 0 spiro atoms. The number of thiophene rings is 1. The molecule has 1 fully saturated rings. The van der Waals surface area contributed by atoms with Crippen molar-refractivity contribution in [3.05, 3.63) is 16.5 Å². The van der Waals surface area contributed by atoms with Gasteiger partial charge in [-0.25, -0.2) is 9.69 Å². The van der Waals surface area contributed by atoms with Gasteiger partial charge in [0, 0.05) is 6.42 Å². The molecule has 0 saturated carbocycles. The van der Waals surface area contributed by atoms with Crippen molar-refractivity contribution in [3.8, 4) is 0 Å². The molecule has 0 atom stereocenters. The van der Waals surface area contributed by atoms with Crippen LogP contribution in [-0.2, 0) is 9.59 Å². The van der Waals surface area contributed by atoms with Crippen molar-refractivity contribution < 1.29 is 19.5 Å². The first kappa shape index (κ1) is 12.8. The number of carboxylic acid groups (broad SMARTS) is 1. The van der Waals surface area contributed by atoms with Gasteiger partial charge < -0.3 is 5.11 Å². The fourth-order valence-electron chi connectivity index (χ4n) is 1.96. The number of imide groups is 1. The summed E-state index contributed by atoms with van der Waals surface area (Å²) in [6, 6.07) is 1.57. The fraction of sp³-hybridized carbons (Fsp3) is 0.417. The van der Waals surface area contributed by atoms with Gasteiger partial charge in [0.1, 0.15) is 9.88 Å². The predicted octanol–water partition coefficient (Wildman–Crippen LogP) is 2.04. The Morgan fingerprint density at radius 2 is 2.06 bits per heavy atom. The topological polar surface area (TPSA) is 74.7 Å². The zero-order valence-corrected chi connectivity index (χ0v) is 11.1. The van der Waals surface area contributed by atoms with Crippen LogP contribution in [0.4, 0.5) is 5.00 Å². The van der Waals surface area contributed by atoms with Gasteiger partial charge in [0.05, 0.1) is 5.41 Å². The molecule has 1 aliphatic rings. The monoisotopic (exact) mass is 267 g/mol. The highest BCUT2D eigenvalue weighted by Crippen LogP contribution is 2.39. The lowest BCUT2D eigenvalue weighted by molar-refractivity contribution is -0.124. The summed E-state index contributed by atoms with van der Waals surface area (Å²) in [5, 5.41) is 9.37. The molecule has 1 aliphatic heterocycles. The van der Waals surface area contributed by atoms with E-state index >= 15 is 0 Å². The third-order valence-electron chi connectivity index (χ3n) is 2.94. The number of rotatable bonds is 2. The molecular formula is C12H13NO4S. The van der Waals surface area contributed by atoms with Crippen LogP contribution >= 0.6 is 11.3 Å². The first-order valence-corrected chi connectivity index (χ1v) is 6.27. The smallest absolute Gasteiger partial charge is 0.346 e. The zero-order chi connectivity index (χ0) is 13.7. The minimum Gasteiger partial charge on any atom is -0.477 e. The molecule has 0 aromatic carbocycles. The first-order chi connectivity index (χ1) is 8.24. The Labute approximate surface area is 108 Å². The molecule has 1 aromatic rings. The molecule has 0 aliphatic carbocycles. The molecule has 0 radical (unpaired) electrons. The fourth-order valence-corrected chi connectivity index (χ4v) is 2.99. The number of amides is 2. The lowest BCUT2D eigenvalue weighted by Gasteiger charge is -2.15. The van der Waals surface area contributed by atoms with Crippen LogP contribution in [0.1, 0.15) is 35.5 Å². The van der Waals surface area contributed by atoms with E-state index in [2.05, 4.69) is 0 Å². The van der Waals surface area contributed by atoms with Crippen LogP contribution in [0.5, 0.6) is 0 Å². The first-order valence-electron chi connectivity index (χ1n) is 5.45. The highest BCUT2D eigenvalue weighted by molar-refractivity contribution is 7.18. The van der Waals surface area contributed by atoms with Gasteiger partial charge in [-0.3, -0.25) is 9.59 Å². The van der Waals surface area contributed by atoms with E-state index in [4.69, 9.17) is 5.11 Å². The van der Waals surface area contributed by atoms with Crippen molar-refractivity contribution in [2.75, 3.05) is 4.90 Å². The van der Waals surface area contributed by atoms with Gasteiger partial charge >= 0.3 is 5.97 Å². The van der Waals surface area contributed by atoms with Gasteiger partial charge in [-0.1, -0.05) is 13.8 Å². The van der Waals surface area contributed by atoms with E-state index < -0.39 is 11.4 Å². The standard InChI is InChI=1S/C12H13NO4S/c1-6-4-8(18-9(6)10(15)16)13-7(14)5-12(2,3)11(13)17/h4H,5H2,1-3H3,(H,15,16). The molecule has 0 bridgehead atoms. The van der Waals surface area contributed by atoms with Crippen LogP contribution in [-0.4, -0.2) is 22.9 Å². The Kier molecular flexibility index (Phi) is 2.77. The van der Waals surface area contributed by atoms with E-state index in [1.165, 1.54) is 0 Å². The summed E-state index contributed by atoms with van der Waals surface area (Å²) in [5.41, 5.74) is -0.147. The summed E-state index contributed by atoms with van der Waals surface area (Å²) in [6.07, 6.45) is 0.158. The minimum atomic E-state index is -1.04. The van der Waals surface area contributed by atoms with Crippen molar-refractivity contribution in [2.24, 2.45) is 5.41 Å². The van der Waals surface area contributed by atoms with Gasteiger partial charge in [0.25, 0.3) is 0 Å². The van der Waals surface area contributed by atoms with Crippen LogP contribution < -0.4 is 4.90 Å². The second-order valence-electron chi connectivity index (χ2n) is 5.00. The average Bonchev–Trinajstić information content (AvgIpc) is 2.67. The number of anilines is 1. The van der Waals surface area contributed by atoms with E-state index in [-0.39, 0.29) is 23.1 Å². The highest BCUT2D eigenvalue weighted by Gasteiger charge is 2.46. The molecule has 18 heavy (non-hydrogen) atoms. The molecule has 2 heterocycles. The number of hydrogen-bond acceptors (Lipinski definition) is 4. The third-order valence-corrected chi connectivity index (χ3v) is 4.15. The Bertz CT molecular complexity index is 558. The Balaban J connectivity index is 2.44. The lowest BCUT2D eigenvalue weighted by atomic mass is 9.92. The van der Waals surface area contributed by atoms with Crippen LogP contribution in [0.15, 0.2) is 6.07 Å². The van der Waals surface area contributed by atoms with E-state index in [0.717, 1.165) is 16.2 Å². The molecule has 96 valence electrons. The van der Waals surface area contributed by atoms with Gasteiger partial charge in [-0.2, -0.15) is 0 Å². The van der Waals surface area contributed by atoms with Crippen LogP contribution in [0, 0.1) is 12.3 Å². The zero-order valence-electron chi connectivity index (χ0n) is 10.3. The largest absolute Gasteiger partial charge is 0.477 e. The molecule has 2 amide bonds. The summed E-state index contributed by atoms with van der Waals surface area (Å²) >= 11 is 0.958. The molecule has 2 rings (SSSR count). The number of carbonyl (C=O) groups excluding carboxylic acids is 2. The SMILES string of the molecule is Cc1cc(N2C(=O)CC(C)(C)C2=O)sc1C(=O)O. The van der Waals surface area contributed by atoms with Gasteiger partial charge in [0.2, 0.25) is 11.8 Å². The van der Waals surface area contributed by atoms with Crippen molar-refractivity contribution >= 4 is 34.1 Å². The maximum Gasteiger partial charge on any atom is 0.346 e. The summed E-state index contributed by atoms with van der Waals surface area (Å²) in [5.74, 6) is -1.59. The number of carbonyl (C=O) groups is 3. The molecule has 0 unspecified atom stereocenters. The second kappa shape index (κ2) is 3.91. The molecule has 5 nitrogen and oxygen atoms in total. The average molecular weight is 267 g/mol. The molecular weight excluding hydrogens is 254 g/mol.